The molecule has 0 fully saturated rings. The zero-order valence-electron chi connectivity index (χ0n) is 31.5. The number of aromatic nitrogens is 10. The molecule has 0 saturated carbocycles. The van der Waals surface area contributed by atoms with Crippen LogP contribution in [0.3, 0.4) is 0 Å². The first-order valence-electron chi connectivity index (χ1n) is 18.4. The third kappa shape index (κ3) is 7.56. The molecule has 0 aliphatic carbocycles. The minimum atomic E-state index is -1.03. The molecule has 0 aliphatic rings. The van der Waals surface area contributed by atoms with Gasteiger partial charge in [-0.05, 0) is 72.8 Å². The molecule has 0 atom stereocenters. The first kappa shape index (κ1) is 38.9. The number of H-pyrrole nitrogens is 2. The van der Waals surface area contributed by atoms with Crippen LogP contribution in [-0.4, -0.2) is 60.9 Å². The highest BCUT2D eigenvalue weighted by atomic mass is 19.1. The number of carboxylic acids is 1. The lowest BCUT2D eigenvalue weighted by Gasteiger charge is -2.10. The molecule has 0 aliphatic heterocycles. The van der Waals surface area contributed by atoms with Crippen molar-refractivity contribution in [1.29, 1.82) is 0 Å². The molecule has 8 aromatic heterocycles. The number of rotatable bonds is 7. The highest BCUT2D eigenvalue weighted by Crippen LogP contribution is 2.37. The zero-order chi connectivity index (χ0) is 42.9. The summed E-state index contributed by atoms with van der Waals surface area (Å²) in [6.45, 7) is 0. The number of aromatic carboxylic acids is 1. The van der Waals surface area contributed by atoms with Gasteiger partial charge in [-0.3, -0.25) is 19.9 Å². The van der Waals surface area contributed by atoms with Crippen molar-refractivity contribution in [2.75, 3.05) is 0 Å². The van der Waals surface area contributed by atoms with Gasteiger partial charge in [-0.1, -0.05) is 12.1 Å². The molecule has 0 bridgehead atoms. The Labute approximate surface area is 346 Å². The van der Waals surface area contributed by atoms with Gasteiger partial charge < -0.3 is 15.1 Å². The van der Waals surface area contributed by atoms with Crippen molar-refractivity contribution >= 4 is 28.3 Å². The Morgan fingerprint density at radius 2 is 0.903 bits per heavy atom. The van der Waals surface area contributed by atoms with Crippen molar-refractivity contribution in [3.05, 3.63) is 169 Å². The van der Waals surface area contributed by atoms with E-state index in [2.05, 4.69) is 49.8 Å². The maximum absolute atomic E-state index is 14.6. The van der Waals surface area contributed by atoms with Crippen LogP contribution in [0.1, 0.15) is 10.4 Å². The monoisotopic (exact) mass is 832 g/mol. The van der Waals surface area contributed by atoms with Crippen LogP contribution >= 0.6 is 0 Å². The highest BCUT2D eigenvalue weighted by molar-refractivity contribution is 5.92. The Bertz CT molecular complexity index is 3240. The van der Waals surface area contributed by atoms with Crippen LogP contribution in [-0.2, 0) is 0 Å². The van der Waals surface area contributed by atoms with E-state index >= 15 is 0 Å². The van der Waals surface area contributed by atoms with Crippen molar-refractivity contribution in [3.8, 4) is 67.5 Å². The largest absolute Gasteiger partial charge is 0.478 e. The second-order valence-corrected chi connectivity index (χ2v) is 13.5. The van der Waals surface area contributed by atoms with Crippen LogP contribution in [0.5, 0.6) is 0 Å². The summed E-state index contributed by atoms with van der Waals surface area (Å²) >= 11 is 0. The van der Waals surface area contributed by atoms with E-state index in [1.54, 1.807) is 85.5 Å². The fourth-order valence-corrected chi connectivity index (χ4v) is 6.70. The molecule has 8 heterocycles. The topological polar surface area (TPSA) is 172 Å². The smallest absolute Gasteiger partial charge is 0.335 e. The third-order valence-corrected chi connectivity index (χ3v) is 9.58. The average Bonchev–Trinajstić information content (AvgIpc) is 3.91. The van der Waals surface area contributed by atoms with Gasteiger partial charge in [0.15, 0.2) is 34.6 Å². The number of carbonyl (C=O) groups is 1. The van der Waals surface area contributed by atoms with Gasteiger partial charge in [0.1, 0.15) is 17.5 Å². The predicted molar refractivity (Wildman–Crippen MR) is 218 cm³/mol. The first-order chi connectivity index (χ1) is 30.1. The third-order valence-electron chi connectivity index (χ3n) is 9.58. The summed E-state index contributed by atoms with van der Waals surface area (Å²) in [7, 11) is 0. The summed E-state index contributed by atoms with van der Waals surface area (Å²) in [5.41, 5.74) is 4.82. The van der Waals surface area contributed by atoms with Gasteiger partial charge in [0.2, 0.25) is 0 Å². The number of imidazole rings is 2. The van der Waals surface area contributed by atoms with Crippen molar-refractivity contribution < 1.29 is 31.9 Å². The van der Waals surface area contributed by atoms with Crippen LogP contribution in [0.4, 0.5) is 22.0 Å². The van der Waals surface area contributed by atoms with Crippen molar-refractivity contribution in [2.45, 2.75) is 0 Å². The van der Waals surface area contributed by atoms with Crippen LogP contribution in [0.15, 0.2) is 135 Å². The second-order valence-electron chi connectivity index (χ2n) is 13.5. The van der Waals surface area contributed by atoms with Crippen LogP contribution in [0.25, 0.3) is 89.9 Å². The molecule has 10 aromatic rings. The molecule has 12 nitrogen and oxygen atoms in total. The van der Waals surface area contributed by atoms with E-state index in [-0.39, 0.29) is 33.6 Å². The Hall–Kier alpha value is -8.60. The normalized spacial score (nSPS) is 11.1. The molecule has 17 heteroatoms. The number of hydrogen-bond donors (Lipinski definition) is 3. The fourth-order valence-electron chi connectivity index (χ4n) is 6.70. The number of hydrogen-bond acceptors (Lipinski definition) is 9. The van der Waals surface area contributed by atoms with E-state index in [4.69, 9.17) is 5.11 Å². The number of fused-ring (bicyclic) bond motifs is 2. The maximum atomic E-state index is 14.6. The Morgan fingerprint density at radius 1 is 0.484 bits per heavy atom. The minimum Gasteiger partial charge on any atom is -0.478 e. The standard InChI is InChI=1S/C23H13F2N5O2.C22H12F3N5/c24-16-10-27-11-17(25)19(16)15-8-18-22(29-20(15)14-2-1-7-26-9-14)30-21(28-18)12-3-5-13(6-4-12)23(31)32;23-14-5-3-12(4-6-14)21-28-18-8-15(19-16(24)10-27-11-17(19)25)20(29-22(18)30-21)13-2-1-7-26-9-13/h1-11H,(H,31,32)(H,28,29,30);1-11H,(H,28,29,30). The quantitative estimate of drug-likeness (QED) is 0.131. The van der Waals surface area contributed by atoms with E-state index in [1.807, 2.05) is 0 Å². The Kier molecular flexibility index (Phi) is 10.2. The van der Waals surface area contributed by atoms with Crippen LogP contribution in [0, 0.1) is 29.1 Å². The number of halogens is 5. The zero-order valence-corrected chi connectivity index (χ0v) is 31.5. The molecule has 3 N–H and O–H groups in total. The number of carboxylic acid groups (broad SMARTS) is 1. The van der Waals surface area contributed by atoms with Crippen molar-refractivity contribution in [1.82, 2.24) is 49.8 Å². The molecule has 10 rings (SSSR count). The van der Waals surface area contributed by atoms with E-state index in [0.717, 1.165) is 24.8 Å². The molecular weight excluding hydrogens is 808 g/mol. The molecule has 0 saturated heterocycles. The molecule has 0 amide bonds. The number of benzene rings is 2. The number of pyridine rings is 6. The van der Waals surface area contributed by atoms with Gasteiger partial charge in [0.05, 0.1) is 63.9 Å². The van der Waals surface area contributed by atoms with Crippen LogP contribution in [0.2, 0.25) is 0 Å². The summed E-state index contributed by atoms with van der Waals surface area (Å²) < 4.78 is 71.5. The Morgan fingerprint density at radius 3 is 1.29 bits per heavy atom. The molecule has 0 spiro atoms. The minimum absolute atomic E-state index is 0.146. The number of aromatic amines is 2. The maximum Gasteiger partial charge on any atom is 0.335 e. The van der Waals surface area contributed by atoms with E-state index in [9.17, 15) is 26.7 Å². The summed E-state index contributed by atoms with van der Waals surface area (Å²) in [6, 6.07) is 22.0. The summed E-state index contributed by atoms with van der Waals surface area (Å²) in [4.78, 5) is 50.6. The SMILES string of the molecule is Fc1ccc(-c2nc3nc(-c4cccnc4)c(-c4c(F)cncc4F)cc3[nH]2)cc1.O=C(O)c1ccc(-c2nc3nc(-c4cccnc4)c(-c4c(F)cncc4F)cc3[nH]2)cc1. The van der Waals surface area contributed by atoms with Gasteiger partial charge in [-0.15, -0.1) is 0 Å². The molecule has 0 radical (unpaired) electrons. The summed E-state index contributed by atoms with van der Waals surface area (Å²) in [5, 5.41) is 9.08. The molecule has 2 aromatic carbocycles. The lowest BCUT2D eigenvalue weighted by atomic mass is 10.00. The highest BCUT2D eigenvalue weighted by Gasteiger charge is 2.22. The van der Waals surface area contributed by atoms with Gasteiger partial charge in [-0.2, -0.15) is 0 Å². The fraction of sp³-hybridized carbons (Fsp3) is 0. The van der Waals surface area contributed by atoms with Crippen molar-refractivity contribution in [2.24, 2.45) is 0 Å². The summed E-state index contributed by atoms with van der Waals surface area (Å²) in [5.74, 6) is -3.75. The molecule has 0 unspecified atom stereocenters. The van der Waals surface area contributed by atoms with Crippen molar-refractivity contribution in [3.63, 3.8) is 0 Å². The van der Waals surface area contributed by atoms with Gasteiger partial charge in [-0.25, -0.2) is 46.7 Å². The predicted octanol–water partition coefficient (Wildman–Crippen LogP) is 9.89. The Balaban J connectivity index is 0.000000158. The van der Waals surface area contributed by atoms with E-state index < -0.39 is 29.2 Å². The second kappa shape index (κ2) is 16.2. The van der Waals surface area contributed by atoms with Gasteiger partial charge in [0.25, 0.3) is 0 Å². The van der Waals surface area contributed by atoms with E-state index in [1.165, 1.54) is 24.3 Å². The summed E-state index contributed by atoms with van der Waals surface area (Å²) in [6.07, 6.45) is 10.1. The van der Waals surface area contributed by atoms with Gasteiger partial charge in [0, 0.05) is 58.2 Å². The van der Waals surface area contributed by atoms with Gasteiger partial charge >= 0.3 is 5.97 Å². The van der Waals surface area contributed by atoms with Crippen LogP contribution < -0.4 is 0 Å². The number of nitrogens with zero attached hydrogens (tertiary/aromatic N) is 8. The molecule has 302 valence electrons. The van der Waals surface area contributed by atoms with E-state index in [0.29, 0.717) is 67.6 Å². The molecular formula is C45H25F5N10O2. The number of nitrogens with one attached hydrogen (secondary N) is 2. The lowest BCUT2D eigenvalue weighted by Crippen LogP contribution is -1.97. The first-order valence-corrected chi connectivity index (χ1v) is 18.4. The average molecular weight is 833 g/mol. The molecule has 62 heavy (non-hydrogen) atoms. The lowest BCUT2D eigenvalue weighted by molar-refractivity contribution is 0.0697.